The van der Waals surface area contributed by atoms with Crippen LogP contribution in [0, 0.1) is 5.92 Å². The van der Waals surface area contributed by atoms with E-state index in [1.165, 1.54) is 44.1 Å². The van der Waals surface area contributed by atoms with Crippen molar-refractivity contribution in [3.05, 3.63) is 11.6 Å². The first kappa shape index (κ1) is 9.26. The summed E-state index contributed by atoms with van der Waals surface area (Å²) in [6.45, 7) is 2.15. The molecule has 13 heavy (non-hydrogen) atoms. The van der Waals surface area contributed by atoms with Crippen LogP contribution < -0.4 is 0 Å². The van der Waals surface area contributed by atoms with Crippen molar-refractivity contribution >= 4 is 0 Å². The van der Waals surface area contributed by atoms with Crippen LogP contribution in [0.4, 0.5) is 0 Å². The summed E-state index contributed by atoms with van der Waals surface area (Å²) >= 11 is 0. The van der Waals surface area contributed by atoms with E-state index in [4.69, 9.17) is 0 Å². The first-order chi connectivity index (χ1) is 6.21. The van der Waals surface area contributed by atoms with Crippen LogP contribution in [0.3, 0.4) is 0 Å². The largest absolute Gasteiger partial charge is 0.385 e. The Morgan fingerprint density at radius 3 is 2.62 bits per heavy atom. The molecule has 0 heterocycles. The minimum atomic E-state index is -0.432. The fourth-order valence-corrected chi connectivity index (χ4v) is 2.97. The van der Waals surface area contributed by atoms with Crippen LogP contribution in [0.15, 0.2) is 11.6 Å². The Morgan fingerprint density at radius 2 is 2.00 bits per heavy atom. The number of hydrogen-bond donors (Lipinski definition) is 1. The third-order valence-corrected chi connectivity index (χ3v) is 3.71. The van der Waals surface area contributed by atoms with Crippen molar-refractivity contribution < 1.29 is 5.11 Å². The van der Waals surface area contributed by atoms with E-state index in [0.717, 1.165) is 6.42 Å². The highest BCUT2D eigenvalue weighted by Gasteiger charge is 2.37. The molecule has 74 valence electrons. The molecule has 0 aromatic carbocycles. The van der Waals surface area contributed by atoms with Gasteiger partial charge < -0.3 is 5.11 Å². The first-order valence-corrected chi connectivity index (χ1v) is 5.61. The van der Waals surface area contributed by atoms with Crippen molar-refractivity contribution in [2.75, 3.05) is 0 Å². The van der Waals surface area contributed by atoms with Gasteiger partial charge in [0.2, 0.25) is 0 Å². The van der Waals surface area contributed by atoms with Crippen LogP contribution in [0.25, 0.3) is 0 Å². The zero-order valence-electron chi connectivity index (χ0n) is 8.55. The molecule has 0 aromatic rings. The van der Waals surface area contributed by atoms with Gasteiger partial charge in [0.25, 0.3) is 0 Å². The quantitative estimate of drug-likeness (QED) is 0.615. The third kappa shape index (κ3) is 1.80. The maximum Gasteiger partial charge on any atom is 0.0858 e. The Balaban J connectivity index is 2.13. The lowest BCUT2D eigenvalue weighted by atomic mass is 9.77. The standard InChI is InChI=1S/C12H20O/c1-10-5-4-8-12(13,9-10)11-6-2-3-7-11/h9,11,13H,2-8H2,1H3. The summed E-state index contributed by atoms with van der Waals surface area (Å²) in [5, 5.41) is 10.5. The molecule has 0 spiro atoms. The molecule has 2 aliphatic carbocycles. The Kier molecular flexibility index (Phi) is 2.46. The van der Waals surface area contributed by atoms with Gasteiger partial charge in [0.1, 0.15) is 0 Å². The lowest BCUT2D eigenvalue weighted by Crippen LogP contribution is -2.36. The second-order valence-electron chi connectivity index (χ2n) is 4.82. The monoisotopic (exact) mass is 180 g/mol. The highest BCUT2D eigenvalue weighted by atomic mass is 16.3. The van der Waals surface area contributed by atoms with Crippen molar-refractivity contribution in [2.45, 2.75) is 57.5 Å². The van der Waals surface area contributed by atoms with Crippen molar-refractivity contribution in [1.82, 2.24) is 0 Å². The van der Waals surface area contributed by atoms with Gasteiger partial charge in [0.05, 0.1) is 5.60 Å². The molecular weight excluding hydrogens is 160 g/mol. The minimum Gasteiger partial charge on any atom is -0.385 e. The van der Waals surface area contributed by atoms with Crippen molar-refractivity contribution in [3.63, 3.8) is 0 Å². The van der Waals surface area contributed by atoms with Gasteiger partial charge in [-0.3, -0.25) is 0 Å². The van der Waals surface area contributed by atoms with Crippen LogP contribution in [-0.2, 0) is 0 Å². The number of allylic oxidation sites excluding steroid dienone is 1. The molecule has 1 atom stereocenters. The molecule has 0 saturated heterocycles. The summed E-state index contributed by atoms with van der Waals surface area (Å²) in [5.41, 5.74) is 0.958. The normalized spacial score (nSPS) is 36.3. The van der Waals surface area contributed by atoms with Crippen molar-refractivity contribution in [2.24, 2.45) is 5.92 Å². The van der Waals surface area contributed by atoms with E-state index in [-0.39, 0.29) is 0 Å². The van der Waals surface area contributed by atoms with Gasteiger partial charge in [-0.15, -0.1) is 0 Å². The van der Waals surface area contributed by atoms with Crippen molar-refractivity contribution in [3.8, 4) is 0 Å². The summed E-state index contributed by atoms with van der Waals surface area (Å²) < 4.78 is 0. The molecule has 1 unspecified atom stereocenters. The molecule has 0 radical (unpaired) electrons. The Morgan fingerprint density at radius 1 is 1.31 bits per heavy atom. The average Bonchev–Trinajstić information content (AvgIpc) is 2.55. The fourth-order valence-electron chi connectivity index (χ4n) is 2.97. The molecule has 1 nitrogen and oxygen atoms in total. The predicted octanol–water partition coefficient (Wildman–Crippen LogP) is 3.04. The van der Waals surface area contributed by atoms with Gasteiger partial charge in [-0.1, -0.05) is 24.5 Å². The van der Waals surface area contributed by atoms with E-state index in [2.05, 4.69) is 13.0 Å². The lowest BCUT2D eigenvalue weighted by molar-refractivity contribution is 0.0154. The van der Waals surface area contributed by atoms with E-state index in [1.807, 2.05) is 0 Å². The predicted molar refractivity (Wildman–Crippen MR) is 54.5 cm³/mol. The molecule has 0 aromatic heterocycles. The summed E-state index contributed by atoms with van der Waals surface area (Å²) in [7, 11) is 0. The van der Waals surface area contributed by atoms with Crippen LogP contribution in [0.1, 0.15) is 51.9 Å². The van der Waals surface area contributed by atoms with E-state index >= 15 is 0 Å². The van der Waals surface area contributed by atoms with Crippen LogP contribution in [0.5, 0.6) is 0 Å². The topological polar surface area (TPSA) is 20.2 Å². The van der Waals surface area contributed by atoms with E-state index in [1.54, 1.807) is 0 Å². The molecule has 0 bridgehead atoms. The lowest BCUT2D eigenvalue weighted by Gasteiger charge is -2.35. The van der Waals surface area contributed by atoms with Crippen LogP contribution in [-0.4, -0.2) is 10.7 Å². The smallest absolute Gasteiger partial charge is 0.0858 e. The van der Waals surface area contributed by atoms with E-state index in [9.17, 15) is 5.11 Å². The maximum absolute atomic E-state index is 10.5. The van der Waals surface area contributed by atoms with Gasteiger partial charge in [0, 0.05) is 0 Å². The molecule has 2 rings (SSSR count). The molecule has 0 amide bonds. The fraction of sp³-hybridized carbons (Fsp3) is 0.833. The highest BCUT2D eigenvalue weighted by molar-refractivity contribution is 5.15. The van der Waals surface area contributed by atoms with Crippen LogP contribution in [0.2, 0.25) is 0 Å². The Hall–Kier alpha value is -0.300. The summed E-state index contributed by atoms with van der Waals surface area (Å²) in [6.07, 6.45) is 10.6. The molecular formula is C12H20O. The second-order valence-corrected chi connectivity index (χ2v) is 4.82. The number of aliphatic hydroxyl groups is 1. The highest BCUT2D eigenvalue weighted by Crippen LogP contribution is 2.40. The average molecular weight is 180 g/mol. The Labute approximate surface area is 80.8 Å². The van der Waals surface area contributed by atoms with E-state index in [0.29, 0.717) is 5.92 Å². The van der Waals surface area contributed by atoms with Crippen molar-refractivity contribution in [1.29, 1.82) is 0 Å². The SMILES string of the molecule is CC1=CC(O)(C2CCCC2)CCC1. The first-order valence-electron chi connectivity index (χ1n) is 5.61. The summed E-state index contributed by atoms with van der Waals surface area (Å²) in [5.74, 6) is 0.558. The summed E-state index contributed by atoms with van der Waals surface area (Å²) in [4.78, 5) is 0. The van der Waals surface area contributed by atoms with Gasteiger partial charge in [-0.05, 0) is 44.9 Å². The molecule has 1 saturated carbocycles. The third-order valence-electron chi connectivity index (χ3n) is 3.71. The van der Waals surface area contributed by atoms with Gasteiger partial charge in [-0.2, -0.15) is 0 Å². The number of hydrogen-bond acceptors (Lipinski definition) is 1. The summed E-state index contributed by atoms with van der Waals surface area (Å²) in [6, 6.07) is 0. The zero-order chi connectivity index (χ0) is 9.31. The van der Waals surface area contributed by atoms with Gasteiger partial charge in [0.15, 0.2) is 0 Å². The molecule has 1 fully saturated rings. The van der Waals surface area contributed by atoms with Crippen LogP contribution >= 0.6 is 0 Å². The molecule has 0 aliphatic heterocycles. The minimum absolute atomic E-state index is 0.432. The zero-order valence-corrected chi connectivity index (χ0v) is 8.55. The maximum atomic E-state index is 10.5. The molecule has 1 heteroatoms. The second kappa shape index (κ2) is 3.45. The van der Waals surface area contributed by atoms with Gasteiger partial charge >= 0.3 is 0 Å². The molecule has 1 N–H and O–H groups in total. The van der Waals surface area contributed by atoms with Gasteiger partial charge in [-0.25, -0.2) is 0 Å². The Bertz CT molecular complexity index is 213. The van der Waals surface area contributed by atoms with E-state index < -0.39 is 5.60 Å². The number of rotatable bonds is 1. The molecule has 2 aliphatic rings.